The number of furan rings is 1. The summed E-state index contributed by atoms with van der Waals surface area (Å²) in [6, 6.07) is 3.78. The van der Waals surface area contributed by atoms with E-state index in [-0.39, 0.29) is 11.8 Å². The zero-order chi connectivity index (χ0) is 12.0. The fraction of sp³-hybridized carbons (Fsp3) is 0.333. The summed E-state index contributed by atoms with van der Waals surface area (Å²) >= 11 is 1.50. The highest BCUT2D eigenvalue weighted by Gasteiger charge is 2.45. The van der Waals surface area contributed by atoms with Crippen LogP contribution in [0.1, 0.15) is 23.8 Å². The van der Waals surface area contributed by atoms with Crippen molar-refractivity contribution in [3.8, 4) is 10.8 Å². The molecule has 3 rings (SSSR count). The van der Waals surface area contributed by atoms with Crippen molar-refractivity contribution in [2.24, 2.45) is 5.92 Å². The van der Waals surface area contributed by atoms with Gasteiger partial charge in [0.1, 0.15) is 5.76 Å². The molecule has 0 bridgehead atoms. The summed E-state index contributed by atoms with van der Waals surface area (Å²) < 4.78 is 5.49. The lowest BCUT2D eigenvalue weighted by molar-refractivity contribution is -0.138. The predicted octanol–water partition coefficient (Wildman–Crippen LogP) is 2.90. The Kier molecular flexibility index (Phi) is 2.29. The van der Waals surface area contributed by atoms with Crippen molar-refractivity contribution >= 4 is 17.3 Å². The molecule has 88 valence electrons. The molecular formula is C12H11NO3S. The standard InChI is InChI=1S/C12H11NO3S/c1-6-2-3-10(16-6)11-13-9(5-17-11)7-4-8(7)12(14)15/h2-3,5,7-8H,4H2,1H3,(H,14,15). The fourth-order valence-corrected chi connectivity index (χ4v) is 2.76. The minimum absolute atomic E-state index is 0.0913. The second kappa shape index (κ2) is 3.70. The smallest absolute Gasteiger partial charge is 0.307 e. The van der Waals surface area contributed by atoms with Crippen LogP contribution in [0.15, 0.2) is 21.9 Å². The molecule has 0 aliphatic heterocycles. The first kappa shape index (κ1) is 10.5. The van der Waals surface area contributed by atoms with Gasteiger partial charge in [-0.25, -0.2) is 4.98 Å². The van der Waals surface area contributed by atoms with Crippen molar-refractivity contribution in [2.45, 2.75) is 19.3 Å². The summed E-state index contributed by atoms with van der Waals surface area (Å²) in [6.07, 6.45) is 0.704. The highest BCUT2D eigenvalue weighted by molar-refractivity contribution is 7.13. The summed E-state index contributed by atoms with van der Waals surface area (Å²) in [5, 5.41) is 11.6. The molecule has 0 radical (unpaired) electrons. The number of rotatable bonds is 3. The van der Waals surface area contributed by atoms with Crippen molar-refractivity contribution in [2.75, 3.05) is 0 Å². The number of hydrogen-bond donors (Lipinski definition) is 1. The van der Waals surface area contributed by atoms with Crippen LogP contribution in [0.3, 0.4) is 0 Å². The summed E-state index contributed by atoms with van der Waals surface area (Å²) in [6.45, 7) is 1.89. The molecule has 1 saturated carbocycles. The number of carbonyl (C=O) groups is 1. The van der Waals surface area contributed by atoms with E-state index in [4.69, 9.17) is 9.52 Å². The first-order valence-electron chi connectivity index (χ1n) is 5.40. The fourth-order valence-electron chi connectivity index (χ4n) is 1.91. The van der Waals surface area contributed by atoms with Gasteiger partial charge in [-0.3, -0.25) is 4.79 Å². The Labute approximate surface area is 102 Å². The Bertz CT molecular complexity index is 572. The van der Waals surface area contributed by atoms with E-state index in [9.17, 15) is 4.79 Å². The van der Waals surface area contributed by atoms with Gasteiger partial charge in [-0.1, -0.05) is 0 Å². The van der Waals surface area contributed by atoms with E-state index in [0.29, 0.717) is 6.42 Å². The van der Waals surface area contributed by atoms with Crippen LogP contribution in [0.2, 0.25) is 0 Å². The molecule has 17 heavy (non-hydrogen) atoms. The maximum Gasteiger partial charge on any atom is 0.307 e. The quantitative estimate of drug-likeness (QED) is 0.908. The van der Waals surface area contributed by atoms with E-state index in [0.717, 1.165) is 22.2 Å². The Morgan fingerprint density at radius 2 is 2.41 bits per heavy atom. The lowest BCUT2D eigenvalue weighted by Crippen LogP contribution is -1.98. The third kappa shape index (κ3) is 1.86. The first-order chi connectivity index (χ1) is 8.15. The molecule has 0 spiro atoms. The van der Waals surface area contributed by atoms with Crippen LogP contribution in [0.25, 0.3) is 10.8 Å². The molecule has 1 N–H and O–H groups in total. The minimum Gasteiger partial charge on any atom is -0.481 e. The molecule has 2 aromatic heterocycles. The maximum absolute atomic E-state index is 10.8. The summed E-state index contributed by atoms with van der Waals surface area (Å²) in [4.78, 5) is 15.2. The molecule has 4 nitrogen and oxygen atoms in total. The Balaban J connectivity index is 1.82. The molecule has 0 aromatic carbocycles. The molecule has 1 fully saturated rings. The highest BCUT2D eigenvalue weighted by atomic mass is 32.1. The third-order valence-corrected chi connectivity index (χ3v) is 3.84. The van der Waals surface area contributed by atoms with Crippen LogP contribution >= 0.6 is 11.3 Å². The number of carboxylic acids is 1. The molecule has 2 heterocycles. The van der Waals surface area contributed by atoms with E-state index in [1.165, 1.54) is 11.3 Å². The molecular weight excluding hydrogens is 238 g/mol. The zero-order valence-electron chi connectivity index (χ0n) is 9.21. The van der Waals surface area contributed by atoms with E-state index in [2.05, 4.69) is 4.98 Å². The van der Waals surface area contributed by atoms with Gasteiger partial charge in [-0.2, -0.15) is 0 Å². The first-order valence-corrected chi connectivity index (χ1v) is 6.28. The van der Waals surface area contributed by atoms with Gasteiger partial charge in [0.25, 0.3) is 0 Å². The normalized spacial score (nSPS) is 22.6. The Morgan fingerprint density at radius 3 is 3.00 bits per heavy atom. The number of aryl methyl sites for hydroxylation is 1. The molecule has 2 unspecified atom stereocenters. The Hall–Kier alpha value is -1.62. The molecule has 2 atom stereocenters. The van der Waals surface area contributed by atoms with Crippen molar-refractivity contribution in [1.82, 2.24) is 4.98 Å². The van der Waals surface area contributed by atoms with Crippen LogP contribution in [-0.2, 0) is 4.79 Å². The number of thiazole rings is 1. The van der Waals surface area contributed by atoms with Gasteiger partial charge in [0.05, 0.1) is 11.6 Å². The predicted molar refractivity (Wildman–Crippen MR) is 63.0 cm³/mol. The van der Waals surface area contributed by atoms with Crippen LogP contribution in [-0.4, -0.2) is 16.1 Å². The van der Waals surface area contributed by atoms with E-state index >= 15 is 0 Å². The zero-order valence-corrected chi connectivity index (χ0v) is 10.0. The third-order valence-electron chi connectivity index (χ3n) is 2.96. The lowest BCUT2D eigenvalue weighted by atomic mass is 10.2. The highest BCUT2D eigenvalue weighted by Crippen LogP contribution is 2.48. The lowest BCUT2D eigenvalue weighted by Gasteiger charge is -1.91. The largest absolute Gasteiger partial charge is 0.481 e. The van der Waals surface area contributed by atoms with Gasteiger partial charge in [0.2, 0.25) is 0 Å². The van der Waals surface area contributed by atoms with Gasteiger partial charge in [-0.15, -0.1) is 11.3 Å². The SMILES string of the molecule is Cc1ccc(-c2nc(C3CC3C(=O)O)cs2)o1. The molecule has 5 heteroatoms. The van der Waals surface area contributed by atoms with Gasteiger partial charge in [-0.05, 0) is 25.5 Å². The van der Waals surface area contributed by atoms with E-state index in [1.54, 1.807) is 0 Å². The van der Waals surface area contributed by atoms with Gasteiger partial charge < -0.3 is 9.52 Å². The second-order valence-corrected chi connectivity index (χ2v) is 5.13. The van der Waals surface area contributed by atoms with E-state index in [1.807, 2.05) is 24.4 Å². The number of aromatic nitrogens is 1. The molecule has 0 amide bonds. The van der Waals surface area contributed by atoms with Crippen molar-refractivity contribution in [3.05, 3.63) is 29.0 Å². The number of nitrogens with zero attached hydrogens (tertiary/aromatic N) is 1. The van der Waals surface area contributed by atoms with Crippen molar-refractivity contribution in [1.29, 1.82) is 0 Å². The van der Waals surface area contributed by atoms with Gasteiger partial charge >= 0.3 is 5.97 Å². The average Bonchev–Trinajstić information content (AvgIpc) is 2.74. The maximum atomic E-state index is 10.8. The monoisotopic (exact) mass is 249 g/mol. The summed E-state index contributed by atoms with van der Waals surface area (Å²) in [5.41, 5.74) is 0.881. The Morgan fingerprint density at radius 1 is 1.59 bits per heavy atom. The minimum atomic E-state index is -0.724. The summed E-state index contributed by atoms with van der Waals surface area (Å²) in [5.74, 6) is 0.730. The molecule has 1 aliphatic carbocycles. The molecule has 2 aromatic rings. The second-order valence-electron chi connectivity index (χ2n) is 4.27. The van der Waals surface area contributed by atoms with Crippen molar-refractivity contribution in [3.63, 3.8) is 0 Å². The van der Waals surface area contributed by atoms with Gasteiger partial charge in [0.15, 0.2) is 10.8 Å². The van der Waals surface area contributed by atoms with Crippen LogP contribution < -0.4 is 0 Å². The molecule has 1 aliphatic rings. The summed E-state index contributed by atoms with van der Waals surface area (Å²) in [7, 11) is 0. The van der Waals surface area contributed by atoms with Crippen molar-refractivity contribution < 1.29 is 14.3 Å². The number of hydrogen-bond acceptors (Lipinski definition) is 4. The topological polar surface area (TPSA) is 63.3 Å². The van der Waals surface area contributed by atoms with Crippen LogP contribution in [0.4, 0.5) is 0 Å². The number of carboxylic acid groups (broad SMARTS) is 1. The van der Waals surface area contributed by atoms with Gasteiger partial charge in [0, 0.05) is 11.3 Å². The number of aliphatic carboxylic acids is 1. The van der Waals surface area contributed by atoms with Crippen LogP contribution in [0, 0.1) is 12.8 Å². The molecule has 0 saturated heterocycles. The van der Waals surface area contributed by atoms with Crippen LogP contribution in [0.5, 0.6) is 0 Å². The van der Waals surface area contributed by atoms with E-state index < -0.39 is 5.97 Å². The average molecular weight is 249 g/mol.